The third-order valence-electron chi connectivity index (χ3n) is 5.65. The quantitative estimate of drug-likeness (QED) is 0.582. The SMILES string of the molecule is Cc1cc(S(=O)(=O)N2CC(F)(F)C[C@H]2CO)ccc1-c1ccc2[nH]nc(N)c2c1C. The summed E-state index contributed by atoms with van der Waals surface area (Å²) in [6.07, 6.45) is -0.689. The number of H-pyrrole nitrogens is 1. The average molecular weight is 436 g/mol. The molecule has 1 aromatic heterocycles. The van der Waals surface area contributed by atoms with E-state index in [1.807, 2.05) is 19.1 Å². The monoisotopic (exact) mass is 436 g/mol. The molecule has 0 spiro atoms. The molecule has 7 nitrogen and oxygen atoms in total. The molecule has 2 aromatic carbocycles. The van der Waals surface area contributed by atoms with Gasteiger partial charge in [-0.3, -0.25) is 5.10 Å². The Morgan fingerprint density at radius 2 is 1.97 bits per heavy atom. The highest BCUT2D eigenvalue weighted by molar-refractivity contribution is 7.89. The second kappa shape index (κ2) is 7.00. The highest BCUT2D eigenvalue weighted by Crippen LogP contribution is 2.38. The van der Waals surface area contributed by atoms with Gasteiger partial charge in [0.15, 0.2) is 5.82 Å². The number of nitrogens with one attached hydrogen (secondary N) is 1. The third kappa shape index (κ3) is 3.24. The number of aliphatic hydroxyl groups is 1. The minimum absolute atomic E-state index is 0.0820. The summed E-state index contributed by atoms with van der Waals surface area (Å²) in [5.41, 5.74) is 10.0. The first kappa shape index (κ1) is 20.7. The van der Waals surface area contributed by atoms with E-state index >= 15 is 0 Å². The molecule has 0 unspecified atom stereocenters. The summed E-state index contributed by atoms with van der Waals surface area (Å²) < 4.78 is 54.3. The number of aliphatic hydroxyl groups excluding tert-OH is 1. The first-order valence-corrected chi connectivity index (χ1v) is 10.8. The first-order valence-electron chi connectivity index (χ1n) is 9.40. The van der Waals surface area contributed by atoms with Crippen molar-refractivity contribution in [2.45, 2.75) is 37.1 Å². The van der Waals surface area contributed by atoms with E-state index in [0.29, 0.717) is 15.7 Å². The Bertz CT molecular complexity index is 1240. The van der Waals surface area contributed by atoms with Crippen molar-refractivity contribution >= 4 is 26.7 Å². The fourth-order valence-electron chi connectivity index (χ4n) is 4.14. The summed E-state index contributed by atoms with van der Waals surface area (Å²) in [5, 5.41) is 17.1. The van der Waals surface area contributed by atoms with Crippen molar-refractivity contribution in [1.29, 1.82) is 0 Å². The number of aromatic nitrogens is 2. The predicted octanol–water partition coefficient (Wildman–Crippen LogP) is 2.82. The second-order valence-electron chi connectivity index (χ2n) is 7.69. The van der Waals surface area contributed by atoms with Crippen LogP contribution in [0.3, 0.4) is 0 Å². The molecule has 0 amide bonds. The molecular formula is C20H22F2N4O3S. The molecule has 1 fully saturated rings. The maximum Gasteiger partial charge on any atom is 0.263 e. The Kier molecular flexibility index (Phi) is 4.83. The van der Waals surface area contributed by atoms with Crippen LogP contribution in [0.5, 0.6) is 0 Å². The Morgan fingerprint density at radius 3 is 2.63 bits per heavy atom. The number of hydrogen-bond acceptors (Lipinski definition) is 5. The maximum atomic E-state index is 13.8. The topological polar surface area (TPSA) is 112 Å². The molecule has 1 atom stereocenters. The number of aromatic amines is 1. The number of nitrogens with zero attached hydrogens (tertiary/aromatic N) is 2. The first-order chi connectivity index (χ1) is 14.0. The fraction of sp³-hybridized carbons (Fsp3) is 0.350. The van der Waals surface area contributed by atoms with Crippen molar-refractivity contribution in [3.8, 4) is 11.1 Å². The van der Waals surface area contributed by atoms with Crippen molar-refractivity contribution in [2.24, 2.45) is 0 Å². The number of aryl methyl sites for hydroxylation is 2. The van der Waals surface area contributed by atoms with Gasteiger partial charge < -0.3 is 10.8 Å². The molecule has 1 aliphatic rings. The summed E-state index contributed by atoms with van der Waals surface area (Å²) in [4.78, 5) is -0.0820. The summed E-state index contributed by atoms with van der Waals surface area (Å²) in [7, 11) is -4.18. The van der Waals surface area contributed by atoms with Gasteiger partial charge in [0.2, 0.25) is 10.0 Å². The molecule has 0 radical (unpaired) electrons. The lowest BCUT2D eigenvalue weighted by Crippen LogP contribution is -2.38. The molecule has 0 bridgehead atoms. The Hall–Kier alpha value is -2.56. The highest BCUT2D eigenvalue weighted by atomic mass is 32.2. The van der Waals surface area contributed by atoms with E-state index in [9.17, 15) is 22.3 Å². The molecule has 1 aliphatic heterocycles. The number of anilines is 1. The molecule has 0 aliphatic carbocycles. The molecule has 4 N–H and O–H groups in total. The largest absolute Gasteiger partial charge is 0.395 e. The van der Waals surface area contributed by atoms with Gasteiger partial charge >= 0.3 is 0 Å². The molecule has 1 saturated heterocycles. The Labute approximate surface area is 172 Å². The molecular weight excluding hydrogens is 414 g/mol. The van der Waals surface area contributed by atoms with Gasteiger partial charge in [-0.2, -0.15) is 9.40 Å². The summed E-state index contributed by atoms with van der Waals surface area (Å²) in [6, 6.07) is 7.15. The maximum absolute atomic E-state index is 13.8. The van der Waals surface area contributed by atoms with E-state index in [2.05, 4.69) is 10.2 Å². The van der Waals surface area contributed by atoms with Crippen LogP contribution in [0, 0.1) is 13.8 Å². The van der Waals surface area contributed by atoms with Crippen molar-refractivity contribution in [3.05, 3.63) is 41.5 Å². The van der Waals surface area contributed by atoms with Crippen LogP contribution < -0.4 is 5.73 Å². The highest BCUT2D eigenvalue weighted by Gasteiger charge is 2.49. The molecule has 160 valence electrons. The Balaban J connectivity index is 1.76. The average Bonchev–Trinajstić information content (AvgIpc) is 3.22. The van der Waals surface area contributed by atoms with Crippen molar-refractivity contribution in [1.82, 2.24) is 14.5 Å². The predicted molar refractivity (Wildman–Crippen MR) is 110 cm³/mol. The van der Waals surface area contributed by atoms with Crippen molar-refractivity contribution < 1.29 is 22.3 Å². The number of fused-ring (bicyclic) bond motifs is 1. The zero-order valence-electron chi connectivity index (χ0n) is 16.5. The third-order valence-corrected chi connectivity index (χ3v) is 7.55. The van der Waals surface area contributed by atoms with E-state index in [4.69, 9.17) is 5.73 Å². The van der Waals surface area contributed by atoms with Crippen molar-refractivity contribution in [3.63, 3.8) is 0 Å². The number of halogens is 2. The molecule has 4 rings (SSSR count). The smallest absolute Gasteiger partial charge is 0.263 e. The second-order valence-corrected chi connectivity index (χ2v) is 9.58. The number of rotatable bonds is 4. The summed E-state index contributed by atoms with van der Waals surface area (Å²) in [6.45, 7) is 2.08. The van der Waals surface area contributed by atoms with Gasteiger partial charge in [-0.1, -0.05) is 12.1 Å². The number of nitrogen functional groups attached to an aromatic ring is 1. The minimum atomic E-state index is -4.18. The van der Waals surface area contributed by atoms with Gasteiger partial charge in [0, 0.05) is 11.8 Å². The van der Waals surface area contributed by atoms with Crippen LogP contribution >= 0.6 is 0 Å². The molecule has 0 saturated carbocycles. The molecule has 30 heavy (non-hydrogen) atoms. The van der Waals surface area contributed by atoms with E-state index in [1.165, 1.54) is 12.1 Å². The van der Waals surface area contributed by atoms with E-state index in [1.54, 1.807) is 13.0 Å². The van der Waals surface area contributed by atoms with E-state index in [0.717, 1.165) is 27.6 Å². The van der Waals surface area contributed by atoms with E-state index < -0.39 is 41.6 Å². The van der Waals surface area contributed by atoms with Crippen LogP contribution in [-0.2, 0) is 10.0 Å². The standard InChI is InChI=1S/C20H22F2N4O3S/c1-11-7-14(30(28,29)26-10-20(21,22)8-13(26)9-27)3-4-15(11)16-5-6-17-18(12(16)2)19(23)25-24-17/h3-7,13,27H,8-10H2,1-2H3,(H3,23,24,25)/t13-/m0/s1. The number of benzene rings is 2. The molecule has 2 heterocycles. The van der Waals surface area contributed by atoms with Crippen LogP contribution in [-0.4, -0.2) is 53.1 Å². The Morgan fingerprint density at radius 1 is 1.27 bits per heavy atom. The number of hydrogen-bond donors (Lipinski definition) is 3. The number of nitrogens with two attached hydrogens (primary N) is 1. The fourth-order valence-corrected chi connectivity index (χ4v) is 5.87. The molecule has 3 aromatic rings. The zero-order valence-corrected chi connectivity index (χ0v) is 17.3. The van der Waals surface area contributed by atoms with Crippen LogP contribution in [0.15, 0.2) is 35.2 Å². The zero-order chi connectivity index (χ0) is 21.8. The lowest BCUT2D eigenvalue weighted by atomic mass is 9.94. The van der Waals surface area contributed by atoms with Gasteiger partial charge in [0.25, 0.3) is 5.92 Å². The minimum Gasteiger partial charge on any atom is -0.395 e. The molecule has 10 heteroatoms. The van der Waals surface area contributed by atoms with Crippen LogP contribution in [0.4, 0.5) is 14.6 Å². The summed E-state index contributed by atoms with van der Waals surface area (Å²) >= 11 is 0. The van der Waals surface area contributed by atoms with Gasteiger partial charge in [0.05, 0.1) is 29.6 Å². The van der Waals surface area contributed by atoms with E-state index in [-0.39, 0.29) is 4.90 Å². The van der Waals surface area contributed by atoms with Gasteiger partial charge in [-0.25, -0.2) is 17.2 Å². The van der Waals surface area contributed by atoms with Gasteiger partial charge in [0.1, 0.15) is 0 Å². The lowest BCUT2D eigenvalue weighted by Gasteiger charge is -2.22. The normalized spacial score (nSPS) is 19.6. The summed E-state index contributed by atoms with van der Waals surface area (Å²) in [5.74, 6) is -2.78. The van der Waals surface area contributed by atoms with Crippen LogP contribution in [0.2, 0.25) is 0 Å². The van der Waals surface area contributed by atoms with Gasteiger partial charge in [-0.15, -0.1) is 0 Å². The lowest BCUT2D eigenvalue weighted by molar-refractivity contribution is 0.0161. The number of sulfonamides is 1. The van der Waals surface area contributed by atoms with Crippen LogP contribution in [0.25, 0.3) is 22.0 Å². The van der Waals surface area contributed by atoms with Crippen molar-refractivity contribution in [2.75, 3.05) is 18.9 Å². The van der Waals surface area contributed by atoms with Gasteiger partial charge in [-0.05, 0) is 54.3 Å². The van der Waals surface area contributed by atoms with Crippen LogP contribution in [0.1, 0.15) is 17.5 Å². The number of alkyl halides is 2.